The lowest BCUT2D eigenvalue weighted by Crippen LogP contribution is -2.32. The lowest BCUT2D eigenvalue weighted by atomic mass is 10.5. The van der Waals surface area contributed by atoms with Crippen LogP contribution in [0.15, 0.2) is 0 Å². The highest BCUT2D eigenvalue weighted by Crippen LogP contribution is 1.76. The molecule has 0 aliphatic rings. The van der Waals surface area contributed by atoms with Crippen LogP contribution in [0.5, 0.6) is 0 Å². The number of nitrogens with zero attached hydrogens (tertiary/aromatic N) is 1. The average molecular weight is 175 g/mol. The maximum atomic E-state index is 3.11. The van der Waals surface area contributed by atoms with Gasteiger partial charge in [0.25, 0.3) is 0 Å². The molecule has 0 bridgehead atoms. The molecule has 0 unspecified atom stereocenters. The second-order valence-corrected chi connectivity index (χ2v) is 2.51. The van der Waals surface area contributed by atoms with Gasteiger partial charge >= 0.3 is 0 Å². The molecule has 0 aromatic carbocycles. The average Bonchev–Trinajstić information content (AvgIpc) is 2.14. The van der Waals surface area contributed by atoms with Crippen molar-refractivity contribution in [3.05, 3.63) is 0 Å². The molecule has 3 heteroatoms. The van der Waals surface area contributed by atoms with Crippen molar-refractivity contribution in [2.75, 3.05) is 47.3 Å². The summed E-state index contributed by atoms with van der Waals surface area (Å²) in [6, 6.07) is 0. The smallest absolute Gasteiger partial charge is 0.0104 e. The fourth-order valence-electron chi connectivity index (χ4n) is 0.717. The van der Waals surface area contributed by atoms with Gasteiger partial charge in [-0.25, -0.2) is 0 Å². The topological polar surface area (TPSA) is 27.3 Å². The first-order chi connectivity index (χ1) is 5.81. The molecule has 0 spiro atoms. The van der Waals surface area contributed by atoms with E-state index < -0.39 is 0 Å². The van der Waals surface area contributed by atoms with Crippen LogP contribution in [-0.4, -0.2) is 52.2 Å². The number of hydrogen-bond acceptors (Lipinski definition) is 3. The molecular weight excluding hydrogens is 150 g/mol. The van der Waals surface area contributed by atoms with Crippen molar-refractivity contribution in [3.8, 4) is 0 Å². The lowest BCUT2D eigenvalue weighted by molar-refractivity contribution is 0.336. The van der Waals surface area contributed by atoms with E-state index in [-0.39, 0.29) is 0 Å². The van der Waals surface area contributed by atoms with Gasteiger partial charge in [-0.15, -0.1) is 0 Å². The highest BCUT2D eigenvalue weighted by atomic mass is 15.1. The number of rotatable bonds is 6. The number of nitrogens with one attached hydrogen (secondary N) is 2. The Hall–Kier alpha value is -0.120. The Labute approximate surface area is 77.5 Å². The monoisotopic (exact) mass is 175 g/mol. The third-order valence-electron chi connectivity index (χ3n) is 1.49. The van der Waals surface area contributed by atoms with Crippen molar-refractivity contribution in [2.24, 2.45) is 0 Å². The van der Waals surface area contributed by atoms with Crippen LogP contribution in [0.1, 0.15) is 13.8 Å². The predicted octanol–water partition coefficient (Wildman–Crippen LogP) is 0.383. The van der Waals surface area contributed by atoms with Crippen LogP contribution in [0.25, 0.3) is 0 Å². The van der Waals surface area contributed by atoms with Gasteiger partial charge in [0.15, 0.2) is 0 Å². The van der Waals surface area contributed by atoms with Crippen LogP contribution < -0.4 is 10.6 Å². The zero-order valence-electron chi connectivity index (χ0n) is 9.28. The van der Waals surface area contributed by atoms with Gasteiger partial charge in [-0.2, -0.15) is 0 Å². The quantitative estimate of drug-likeness (QED) is 0.611. The summed E-state index contributed by atoms with van der Waals surface area (Å²) in [5.74, 6) is 0. The van der Waals surface area contributed by atoms with E-state index in [1.807, 2.05) is 27.9 Å². The summed E-state index contributed by atoms with van der Waals surface area (Å²) in [5.41, 5.74) is 0. The molecule has 0 aliphatic heterocycles. The maximum Gasteiger partial charge on any atom is 0.0104 e. The van der Waals surface area contributed by atoms with E-state index in [1.165, 1.54) is 0 Å². The first-order valence-electron chi connectivity index (χ1n) is 4.79. The zero-order valence-corrected chi connectivity index (χ0v) is 9.28. The molecule has 0 saturated carbocycles. The van der Waals surface area contributed by atoms with Gasteiger partial charge in [-0.1, -0.05) is 13.8 Å². The van der Waals surface area contributed by atoms with Crippen molar-refractivity contribution < 1.29 is 0 Å². The molecular formula is C9H25N3. The summed E-state index contributed by atoms with van der Waals surface area (Å²) in [6.07, 6.45) is 0. The van der Waals surface area contributed by atoms with Crippen LogP contribution in [-0.2, 0) is 0 Å². The highest BCUT2D eigenvalue weighted by molar-refractivity contribution is 4.53. The summed E-state index contributed by atoms with van der Waals surface area (Å²) in [4.78, 5) is 2.30. The van der Waals surface area contributed by atoms with E-state index in [9.17, 15) is 0 Å². The van der Waals surface area contributed by atoms with Crippen molar-refractivity contribution in [1.29, 1.82) is 0 Å². The van der Waals surface area contributed by atoms with Gasteiger partial charge in [0, 0.05) is 26.2 Å². The third-order valence-corrected chi connectivity index (χ3v) is 1.49. The molecule has 2 N–H and O–H groups in total. The van der Waals surface area contributed by atoms with Crippen LogP contribution in [0, 0.1) is 0 Å². The van der Waals surface area contributed by atoms with E-state index in [0.29, 0.717) is 0 Å². The predicted molar refractivity (Wildman–Crippen MR) is 56.7 cm³/mol. The van der Waals surface area contributed by atoms with E-state index >= 15 is 0 Å². The standard InChI is InChI=1S/C7H19N3.C2H6/c1-8-4-6-10(3)7-5-9-2;1-2/h8-9H,4-7H2,1-3H3;1-2H3. The molecule has 12 heavy (non-hydrogen) atoms. The zero-order chi connectivity index (χ0) is 9.82. The normalized spacial score (nSPS) is 9.50. The summed E-state index contributed by atoms with van der Waals surface area (Å²) < 4.78 is 0. The highest BCUT2D eigenvalue weighted by Gasteiger charge is 1.93. The molecule has 0 fully saturated rings. The largest absolute Gasteiger partial charge is 0.318 e. The molecule has 0 heterocycles. The number of hydrogen-bond donors (Lipinski definition) is 2. The Morgan fingerprint density at radius 1 is 0.917 bits per heavy atom. The van der Waals surface area contributed by atoms with E-state index in [2.05, 4.69) is 22.6 Å². The van der Waals surface area contributed by atoms with Crippen LogP contribution in [0.3, 0.4) is 0 Å². The van der Waals surface area contributed by atoms with E-state index in [4.69, 9.17) is 0 Å². The first-order valence-corrected chi connectivity index (χ1v) is 4.79. The van der Waals surface area contributed by atoms with Gasteiger partial charge in [0.05, 0.1) is 0 Å². The Kier molecular flexibility index (Phi) is 16.2. The van der Waals surface area contributed by atoms with Crippen LogP contribution in [0.2, 0.25) is 0 Å². The fraction of sp³-hybridized carbons (Fsp3) is 1.00. The summed E-state index contributed by atoms with van der Waals surface area (Å²) in [7, 11) is 6.09. The van der Waals surface area contributed by atoms with Crippen LogP contribution >= 0.6 is 0 Å². The Morgan fingerprint density at radius 3 is 1.50 bits per heavy atom. The fourth-order valence-corrected chi connectivity index (χ4v) is 0.717. The molecule has 0 rings (SSSR count). The van der Waals surface area contributed by atoms with Gasteiger partial charge in [-0.05, 0) is 21.1 Å². The minimum absolute atomic E-state index is 1.07. The molecule has 0 saturated heterocycles. The minimum Gasteiger partial charge on any atom is -0.318 e. The summed E-state index contributed by atoms with van der Waals surface area (Å²) in [5, 5.41) is 6.23. The second kappa shape index (κ2) is 13.5. The molecule has 76 valence electrons. The third kappa shape index (κ3) is 12.5. The van der Waals surface area contributed by atoms with Crippen molar-refractivity contribution >= 4 is 0 Å². The lowest BCUT2D eigenvalue weighted by Gasteiger charge is -2.15. The molecule has 0 aliphatic carbocycles. The molecule has 0 aromatic heterocycles. The maximum absolute atomic E-state index is 3.11. The summed E-state index contributed by atoms with van der Waals surface area (Å²) >= 11 is 0. The number of likely N-dealkylation sites (N-methyl/N-ethyl adjacent to an activating group) is 3. The molecule has 0 amide bonds. The van der Waals surface area contributed by atoms with E-state index in [1.54, 1.807) is 0 Å². The van der Waals surface area contributed by atoms with Crippen molar-refractivity contribution in [3.63, 3.8) is 0 Å². The Balaban J connectivity index is 0. The van der Waals surface area contributed by atoms with Gasteiger partial charge in [0.1, 0.15) is 0 Å². The van der Waals surface area contributed by atoms with Gasteiger partial charge < -0.3 is 15.5 Å². The van der Waals surface area contributed by atoms with Gasteiger partial charge in [0.2, 0.25) is 0 Å². The summed E-state index contributed by atoms with van der Waals surface area (Å²) in [6.45, 7) is 8.39. The Bertz CT molecular complexity index is 58.8. The van der Waals surface area contributed by atoms with Crippen LogP contribution in [0.4, 0.5) is 0 Å². The minimum atomic E-state index is 1.07. The first kappa shape index (κ1) is 14.4. The second-order valence-electron chi connectivity index (χ2n) is 2.51. The molecule has 0 aromatic rings. The molecule has 0 atom stereocenters. The van der Waals surface area contributed by atoms with Crippen molar-refractivity contribution in [1.82, 2.24) is 15.5 Å². The van der Waals surface area contributed by atoms with Crippen molar-refractivity contribution in [2.45, 2.75) is 13.8 Å². The van der Waals surface area contributed by atoms with Gasteiger partial charge in [-0.3, -0.25) is 0 Å². The molecule has 3 nitrogen and oxygen atoms in total. The van der Waals surface area contributed by atoms with E-state index in [0.717, 1.165) is 26.2 Å². The molecule has 0 radical (unpaired) electrons. The SMILES string of the molecule is CC.CNCCN(C)CCNC. The Morgan fingerprint density at radius 2 is 1.25 bits per heavy atom.